The molecular weight excluding hydrogens is 582 g/mol. The fraction of sp³-hybridized carbons (Fsp3) is 0.464. The zero-order chi connectivity index (χ0) is 30.3. The summed E-state index contributed by atoms with van der Waals surface area (Å²) in [5, 5.41) is 16.6. The summed E-state index contributed by atoms with van der Waals surface area (Å²) in [6.07, 6.45) is -4.49. The van der Waals surface area contributed by atoms with Crippen molar-refractivity contribution >= 4 is 63.4 Å². The molecule has 222 valence electrons. The highest BCUT2D eigenvalue weighted by atomic mass is 35.5. The summed E-state index contributed by atoms with van der Waals surface area (Å²) in [7, 11) is 0. The lowest BCUT2D eigenvalue weighted by Crippen LogP contribution is -2.39. The average Bonchev–Trinajstić information content (AvgIpc) is 3.24. The Hall–Kier alpha value is -3.18. The third-order valence-corrected chi connectivity index (χ3v) is 7.99. The summed E-state index contributed by atoms with van der Waals surface area (Å²) in [5.41, 5.74) is 1.73. The van der Waals surface area contributed by atoms with Crippen molar-refractivity contribution in [1.82, 2.24) is 14.9 Å². The molecule has 2 heterocycles. The number of hydrogen-bond donors (Lipinski definition) is 3. The second-order valence-electron chi connectivity index (χ2n) is 11.1. The highest BCUT2D eigenvalue weighted by molar-refractivity contribution is 6.39. The van der Waals surface area contributed by atoms with E-state index >= 15 is 0 Å². The van der Waals surface area contributed by atoms with Gasteiger partial charge in [-0.25, -0.2) is 9.78 Å². The van der Waals surface area contributed by atoms with Crippen LogP contribution in [-0.4, -0.2) is 45.8 Å². The van der Waals surface area contributed by atoms with Gasteiger partial charge in [0.2, 0.25) is 11.9 Å². The minimum Gasteiger partial charge on any atom is -0.478 e. The van der Waals surface area contributed by atoms with Crippen LogP contribution in [0, 0.1) is 11.3 Å². The van der Waals surface area contributed by atoms with E-state index in [4.69, 9.17) is 23.2 Å². The number of alkyl halides is 3. The molecule has 13 heteroatoms. The number of amides is 1. The maximum Gasteiger partial charge on any atom is 0.391 e. The molecule has 0 unspecified atom stereocenters. The van der Waals surface area contributed by atoms with Crippen LogP contribution in [0.25, 0.3) is 11.0 Å². The van der Waals surface area contributed by atoms with E-state index in [1.54, 1.807) is 43.9 Å². The van der Waals surface area contributed by atoms with Crippen LogP contribution in [0.2, 0.25) is 10.0 Å². The fourth-order valence-electron chi connectivity index (χ4n) is 4.86. The third-order valence-electron chi connectivity index (χ3n) is 7.24. The van der Waals surface area contributed by atoms with Crippen LogP contribution < -0.4 is 15.5 Å². The molecule has 0 radical (unpaired) electrons. The van der Waals surface area contributed by atoms with Gasteiger partial charge < -0.3 is 25.2 Å². The highest BCUT2D eigenvalue weighted by Gasteiger charge is 2.41. The van der Waals surface area contributed by atoms with Gasteiger partial charge >= 0.3 is 12.1 Å². The Morgan fingerprint density at radius 1 is 1.12 bits per heavy atom. The molecule has 0 spiro atoms. The van der Waals surface area contributed by atoms with Gasteiger partial charge in [0.1, 0.15) is 0 Å². The normalized spacial score (nSPS) is 14.9. The Bertz CT molecular complexity index is 1480. The number of anilines is 3. The van der Waals surface area contributed by atoms with Crippen molar-refractivity contribution in [3.63, 3.8) is 0 Å². The van der Waals surface area contributed by atoms with E-state index in [0.29, 0.717) is 50.5 Å². The van der Waals surface area contributed by atoms with E-state index in [0.717, 1.165) is 0 Å². The lowest BCUT2D eigenvalue weighted by atomic mass is 9.95. The quantitative estimate of drug-likeness (QED) is 0.260. The molecule has 1 aliphatic rings. The number of carboxylic acids is 1. The number of aromatic carboxylic acids is 1. The number of carboxylic acid groups (broad SMARTS) is 1. The maximum absolute atomic E-state index is 13.2. The van der Waals surface area contributed by atoms with Crippen molar-refractivity contribution < 1.29 is 27.9 Å². The fourth-order valence-corrected chi connectivity index (χ4v) is 5.39. The van der Waals surface area contributed by atoms with Crippen molar-refractivity contribution in [3.8, 4) is 0 Å². The zero-order valence-corrected chi connectivity index (χ0v) is 24.6. The van der Waals surface area contributed by atoms with Gasteiger partial charge in [-0.3, -0.25) is 4.79 Å². The molecule has 0 saturated carbocycles. The van der Waals surface area contributed by atoms with E-state index < -0.39 is 23.5 Å². The van der Waals surface area contributed by atoms with Gasteiger partial charge in [0.15, 0.2) is 0 Å². The molecule has 1 aliphatic heterocycles. The number of piperidine rings is 1. The van der Waals surface area contributed by atoms with E-state index in [1.807, 2.05) is 11.5 Å². The minimum atomic E-state index is -4.27. The van der Waals surface area contributed by atoms with Gasteiger partial charge in [-0.05, 0) is 43.5 Å². The third kappa shape index (κ3) is 6.51. The topological polar surface area (TPSA) is 99.5 Å². The Morgan fingerprint density at radius 2 is 1.78 bits per heavy atom. The standard InChI is InChI=1S/C28H32Cl2F3N5O3/c1-5-38-21-13-20(37-10-8-16(9-11-37)28(31,32)33)17(24(39)40)12-19(21)35-26(38)36-23-18(29)7-6-15(22(23)30)14-34-25(41)27(2,3)4/h6-7,12-13,16H,5,8-11,14H2,1-4H3,(H,34,41)(H,35,36)(H,39,40). The number of carbonyl (C=O) groups is 2. The molecule has 0 bridgehead atoms. The van der Waals surface area contributed by atoms with Gasteiger partial charge in [0.25, 0.3) is 0 Å². The van der Waals surface area contributed by atoms with Gasteiger partial charge in [-0.15, -0.1) is 0 Å². The number of imidazole rings is 1. The predicted octanol–water partition coefficient (Wildman–Crippen LogP) is 7.25. The van der Waals surface area contributed by atoms with E-state index in [-0.39, 0.29) is 43.9 Å². The molecule has 1 amide bonds. The Balaban J connectivity index is 1.68. The van der Waals surface area contributed by atoms with E-state index in [2.05, 4.69) is 15.6 Å². The number of fused-ring (bicyclic) bond motifs is 1. The summed E-state index contributed by atoms with van der Waals surface area (Å²) in [4.78, 5) is 30.8. The van der Waals surface area contributed by atoms with Crippen LogP contribution in [0.3, 0.4) is 0 Å². The van der Waals surface area contributed by atoms with Crippen LogP contribution in [0.5, 0.6) is 0 Å². The number of rotatable bonds is 7. The van der Waals surface area contributed by atoms with Gasteiger partial charge in [0.05, 0.1) is 43.9 Å². The van der Waals surface area contributed by atoms with Gasteiger partial charge in [-0.2, -0.15) is 13.2 Å². The van der Waals surface area contributed by atoms with Gasteiger partial charge in [-0.1, -0.05) is 50.0 Å². The molecule has 8 nitrogen and oxygen atoms in total. The molecule has 1 saturated heterocycles. The first-order chi connectivity index (χ1) is 19.1. The van der Waals surface area contributed by atoms with Crippen LogP contribution >= 0.6 is 23.2 Å². The molecule has 2 aromatic carbocycles. The van der Waals surface area contributed by atoms with Gasteiger partial charge in [0, 0.05) is 31.6 Å². The molecule has 0 aliphatic carbocycles. The van der Waals surface area contributed by atoms with Crippen LogP contribution in [0.4, 0.5) is 30.5 Å². The SMILES string of the molecule is CCn1c(Nc2c(Cl)ccc(CNC(=O)C(C)(C)C)c2Cl)nc2cc(C(=O)O)c(N3CCC(C(F)(F)F)CC3)cc21. The molecule has 4 rings (SSSR count). The number of aromatic nitrogens is 2. The number of halogens is 5. The average molecular weight is 614 g/mol. The van der Waals surface area contributed by atoms with Crippen LogP contribution in [0.1, 0.15) is 56.5 Å². The molecule has 3 N–H and O–H groups in total. The predicted molar refractivity (Wildman–Crippen MR) is 154 cm³/mol. The Morgan fingerprint density at radius 3 is 2.34 bits per heavy atom. The van der Waals surface area contributed by atoms with Crippen LogP contribution in [0.15, 0.2) is 24.3 Å². The molecular formula is C28H32Cl2F3N5O3. The molecule has 41 heavy (non-hydrogen) atoms. The monoisotopic (exact) mass is 613 g/mol. The van der Waals surface area contributed by atoms with Crippen molar-refractivity contribution in [2.45, 2.75) is 59.8 Å². The second kappa shape index (κ2) is 11.6. The summed E-state index contributed by atoms with van der Waals surface area (Å²) < 4.78 is 41.4. The highest BCUT2D eigenvalue weighted by Crippen LogP contribution is 2.39. The largest absolute Gasteiger partial charge is 0.478 e. The summed E-state index contributed by atoms with van der Waals surface area (Å²) in [6, 6.07) is 6.46. The first-order valence-electron chi connectivity index (χ1n) is 13.2. The first-order valence-corrected chi connectivity index (χ1v) is 14.0. The summed E-state index contributed by atoms with van der Waals surface area (Å²) in [5.74, 6) is -2.39. The summed E-state index contributed by atoms with van der Waals surface area (Å²) in [6.45, 7) is 8.10. The lowest BCUT2D eigenvalue weighted by molar-refractivity contribution is -0.179. The Labute approximate surface area is 245 Å². The first kappa shape index (κ1) is 30.8. The van der Waals surface area contributed by atoms with Crippen molar-refractivity contribution in [3.05, 3.63) is 45.4 Å². The molecule has 0 atom stereocenters. The van der Waals surface area contributed by atoms with Crippen molar-refractivity contribution in [2.75, 3.05) is 23.3 Å². The number of benzene rings is 2. The molecule has 3 aromatic rings. The zero-order valence-electron chi connectivity index (χ0n) is 23.1. The smallest absolute Gasteiger partial charge is 0.391 e. The second-order valence-corrected chi connectivity index (χ2v) is 11.9. The van der Waals surface area contributed by atoms with E-state index in [9.17, 15) is 27.9 Å². The van der Waals surface area contributed by atoms with E-state index in [1.165, 1.54) is 6.07 Å². The number of hydrogen-bond acceptors (Lipinski definition) is 5. The van der Waals surface area contributed by atoms with Crippen LogP contribution in [-0.2, 0) is 17.9 Å². The Kier molecular flexibility index (Phi) is 8.71. The molecule has 1 fully saturated rings. The lowest BCUT2D eigenvalue weighted by Gasteiger charge is -2.35. The van der Waals surface area contributed by atoms with Crippen molar-refractivity contribution in [2.24, 2.45) is 11.3 Å². The number of nitrogens with zero attached hydrogens (tertiary/aromatic N) is 3. The molecule has 1 aromatic heterocycles. The minimum absolute atomic E-state index is 0.0390. The number of carbonyl (C=O) groups excluding carboxylic acids is 1. The maximum atomic E-state index is 13.2. The van der Waals surface area contributed by atoms with Crippen molar-refractivity contribution in [1.29, 1.82) is 0 Å². The summed E-state index contributed by atoms with van der Waals surface area (Å²) >= 11 is 13.2. The number of aryl methyl sites for hydroxylation is 1. The number of nitrogens with one attached hydrogen (secondary N) is 2.